The van der Waals surface area contributed by atoms with Crippen molar-refractivity contribution in [2.24, 2.45) is 0 Å². The predicted octanol–water partition coefficient (Wildman–Crippen LogP) is 4.57. The third-order valence-corrected chi connectivity index (χ3v) is 4.85. The number of unbranched alkanes of at least 4 members (excludes halogenated alkanes) is 1. The summed E-state index contributed by atoms with van der Waals surface area (Å²) in [5.74, 6) is 0. The van der Waals surface area contributed by atoms with Crippen molar-refractivity contribution in [3.05, 3.63) is 35.2 Å². The average molecular weight is 354 g/mol. The molecule has 1 unspecified atom stereocenters. The van der Waals surface area contributed by atoms with Gasteiger partial charge in [0.2, 0.25) is 0 Å². The standard InChI is InChI=1S/C13H14F3S.CH4O3S/c1-2-3-7-11-9-10-6-4-5-8-12(10)17(11)13(14,15)16;1-5(2,3)4/h4-6,8-9H,2-3,7H2,1H3;1H3,(H,2,3,4)/q+1;/p-1. The second-order valence-electron chi connectivity index (χ2n) is 4.71. The van der Waals surface area contributed by atoms with Gasteiger partial charge in [-0.2, -0.15) is 0 Å². The Hall–Kier alpha value is -1.12. The van der Waals surface area contributed by atoms with E-state index in [1.165, 1.54) is 0 Å². The molecule has 0 saturated heterocycles. The van der Waals surface area contributed by atoms with Crippen molar-refractivity contribution in [1.29, 1.82) is 0 Å². The first-order chi connectivity index (χ1) is 10.0. The first-order valence-electron chi connectivity index (χ1n) is 6.55. The summed E-state index contributed by atoms with van der Waals surface area (Å²) in [6.07, 6.45) is 2.89. The molecule has 1 atom stereocenters. The molecular formula is C14H17F3O3S2. The lowest BCUT2D eigenvalue weighted by Crippen LogP contribution is -1.98. The van der Waals surface area contributed by atoms with E-state index < -0.39 is 26.1 Å². The lowest BCUT2D eigenvalue weighted by Gasteiger charge is -1.99. The zero-order chi connectivity index (χ0) is 17.0. The number of halogens is 3. The van der Waals surface area contributed by atoms with Crippen LogP contribution in [0.25, 0.3) is 10.1 Å². The molecule has 2 rings (SSSR count). The monoisotopic (exact) mass is 354 g/mol. The first-order valence-corrected chi connectivity index (χ1v) is 9.59. The van der Waals surface area contributed by atoms with Crippen molar-refractivity contribution >= 4 is 30.7 Å². The molecule has 0 aliphatic carbocycles. The van der Waals surface area contributed by atoms with Gasteiger partial charge in [-0.25, -0.2) is 8.42 Å². The zero-order valence-corrected chi connectivity index (χ0v) is 13.8. The van der Waals surface area contributed by atoms with E-state index in [4.69, 9.17) is 13.0 Å². The minimum Gasteiger partial charge on any atom is -0.748 e. The van der Waals surface area contributed by atoms with E-state index in [1.54, 1.807) is 30.3 Å². The number of rotatable bonds is 3. The lowest BCUT2D eigenvalue weighted by molar-refractivity contribution is -0.0867. The molecule has 0 fully saturated rings. The molecular weight excluding hydrogens is 337 g/mol. The number of thiophene rings is 1. The van der Waals surface area contributed by atoms with Crippen molar-refractivity contribution in [3.63, 3.8) is 0 Å². The minimum atomic E-state index is -4.15. The lowest BCUT2D eigenvalue weighted by atomic mass is 10.2. The SMILES string of the molecule is CCCCc1cc2ccccc2[s+]1C(F)(F)F.CS(=O)(=O)[O-]. The van der Waals surface area contributed by atoms with E-state index in [1.807, 2.05) is 6.92 Å². The fraction of sp³-hybridized carbons (Fsp3) is 0.429. The van der Waals surface area contributed by atoms with Crippen molar-refractivity contribution < 1.29 is 26.1 Å². The third-order valence-electron chi connectivity index (χ3n) is 2.73. The molecule has 1 aromatic heterocycles. The van der Waals surface area contributed by atoms with Crippen LogP contribution in [0.1, 0.15) is 24.6 Å². The summed E-state index contributed by atoms with van der Waals surface area (Å²) < 4.78 is 66.9. The predicted molar refractivity (Wildman–Crippen MR) is 82.0 cm³/mol. The maximum atomic E-state index is 13.1. The van der Waals surface area contributed by atoms with Crippen molar-refractivity contribution in [1.82, 2.24) is 0 Å². The Balaban J connectivity index is 0.000000422. The van der Waals surface area contributed by atoms with Gasteiger partial charge in [0.1, 0.15) is 0 Å². The van der Waals surface area contributed by atoms with Crippen LogP contribution in [0.4, 0.5) is 13.2 Å². The van der Waals surface area contributed by atoms with E-state index in [0.29, 0.717) is 22.3 Å². The van der Waals surface area contributed by atoms with Crippen molar-refractivity contribution in [2.75, 3.05) is 6.26 Å². The molecule has 0 aliphatic rings. The maximum absolute atomic E-state index is 13.1. The van der Waals surface area contributed by atoms with Crippen LogP contribution in [0.15, 0.2) is 30.3 Å². The van der Waals surface area contributed by atoms with Crippen LogP contribution in [-0.2, 0) is 22.0 Å². The van der Waals surface area contributed by atoms with Gasteiger partial charge in [0.25, 0.3) is 0 Å². The van der Waals surface area contributed by atoms with Gasteiger partial charge in [0, 0.05) is 24.1 Å². The fourth-order valence-electron chi connectivity index (χ4n) is 1.96. The number of alkyl halides is 3. The molecule has 22 heavy (non-hydrogen) atoms. The number of benzene rings is 1. The molecule has 0 N–H and O–H groups in total. The Labute approximate surface area is 130 Å². The quantitative estimate of drug-likeness (QED) is 0.599. The summed E-state index contributed by atoms with van der Waals surface area (Å²) in [5.41, 5.74) is -4.15. The summed E-state index contributed by atoms with van der Waals surface area (Å²) in [6, 6.07) is 8.56. The Bertz CT molecular complexity index is 710. The summed E-state index contributed by atoms with van der Waals surface area (Å²) >= 11 is 0. The molecule has 1 aromatic carbocycles. The molecule has 8 heteroatoms. The molecule has 0 aliphatic heterocycles. The summed E-state index contributed by atoms with van der Waals surface area (Å²) in [6.45, 7) is 1.99. The number of hydrogen-bond donors (Lipinski definition) is 0. The van der Waals surface area contributed by atoms with E-state index in [2.05, 4.69) is 0 Å². The van der Waals surface area contributed by atoms with Gasteiger partial charge in [0.15, 0.2) is 9.58 Å². The smallest absolute Gasteiger partial charge is 0.600 e. The van der Waals surface area contributed by atoms with E-state index in [0.717, 1.165) is 18.2 Å². The van der Waals surface area contributed by atoms with E-state index in [9.17, 15) is 13.2 Å². The second kappa shape index (κ2) is 7.43. The first kappa shape index (κ1) is 18.9. The van der Waals surface area contributed by atoms with E-state index in [-0.39, 0.29) is 0 Å². The highest BCUT2D eigenvalue weighted by molar-refractivity contribution is 7.84. The number of hydrogen-bond acceptors (Lipinski definition) is 3. The second-order valence-corrected chi connectivity index (χ2v) is 8.16. The Morgan fingerprint density at radius 1 is 1.23 bits per heavy atom. The molecule has 124 valence electrons. The van der Waals surface area contributed by atoms with Gasteiger partial charge in [-0.1, -0.05) is 25.5 Å². The third kappa shape index (κ3) is 5.94. The molecule has 1 heterocycles. The van der Waals surface area contributed by atoms with Crippen molar-refractivity contribution in [2.45, 2.75) is 31.7 Å². The summed E-state index contributed by atoms with van der Waals surface area (Å²) in [7, 11) is -5.61. The molecule has 0 amide bonds. The van der Waals surface area contributed by atoms with Crippen LogP contribution in [0.3, 0.4) is 0 Å². The molecule has 2 aromatic rings. The number of fused-ring (bicyclic) bond motifs is 1. The van der Waals surface area contributed by atoms with Gasteiger partial charge in [-0.3, -0.25) is 0 Å². The molecule has 0 radical (unpaired) electrons. The van der Waals surface area contributed by atoms with Gasteiger partial charge >= 0.3 is 5.51 Å². The molecule has 0 bridgehead atoms. The Kier molecular flexibility index (Phi) is 6.39. The maximum Gasteiger partial charge on any atom is 0.600 e. The van der Waals surface area contributed by atoms with Gasteiger partial charge in [-0.15, -0.1) is 13.2 Å². The van der Waals surface area contributed by atoms with Crippen LogP contribution in [0.2, 0.25) is 0 Å². The Morgan fingerprint density at radius 2 is 1.77 bits per heavy atom. The highest BCUT2D eigenvalue weighted by atomic mass is 32.2. The van der Waals surface area contributed by atoms with Crippen LogP contribution in [0.5, 0.6) is 0 Å². The zero-order valence-electron chi connectivity index (χ0n) is 12.2. The van der Waals surface area contributed by atoms with Crippen LogP contribution >= 0.6 is 10.5 Å². The summed E-state index contributed by atoms with van der Waals surface area (Å²) in [5, 5.41) is 0.735. The highest BCUT2D eigenvalue weighted by Gasteiger charge is 2.47. The van der Waals surface area contributed by atoms with Crippen LogP contribution < -0.4 is 0 Å². The largest absolute Gasteiger partial charge is 0.748 e. The molecule has 3 nitrogen and oxygen atoms in total. The normalized spacial score (nSPS) is 12.9. The highest BCUT2D eigenvalue weighted by Crippen LogP contribution is 2.51. The van der Waals surface area contributed by atoms with Gasteiger partial charge < -0.3 is 4.55 Å². The molecule has 0 saturated carbocycles. The van der Waals surface area contributed by atoms with E-state index >= 15 is 0 Å². The number of aryl methyl sites for hydroxylation is 1. The topological polar surface area (TPSA) is 57.2 Å². The van der Waals surface area contributed by atoms with Crippen molar-refractivity contribution in [3.8, 4) is 0 Å². The van der Waals surface area contributed by atoms with Crippen LogP contribution in [0, 0.1) is 0 Å². The average Bonchev–Trinajstić information content (AvgIpc) is 2.72. The minimum absolute atomic E-state index is 0.436. The van der Waals surface area contributed by atoms with Gasteiger partial charge in [-0.05, 0) is 18.6 Å². The van der Waals surface area contributed by atoms with Gasteiger partial charge in [0.05, 0.1) is 20.6 Å². The van der Waals surface area contributed by atoms with Crippen LogP contribution in [-0.4, -0.2) is 19.2 Å². The summed E-state index contributed by atoms with van der Waals surface area (Å²) in [4.78, 5) is 0.542. The molecule has 0 spiro atoms. The fourth-order valence-corrected chi connectivity index (χ4v) is 3.96. The Morgan fingerprint density at radius 3 is 2.27 bits per heavy atom.